The molecule has 0 aromatic rings. The van der Waals surface area contributed by atoms with Gasteiger partial charge in [-0.25, -0.2) is 0 Å². The number of thiol groups is 1. The third kappa shape index (κ3) is 7.51. The van der Waals surface area contributed by atoms with Crippen molar-refractivity contribution in [3.8, 4) is 0 Å². The molecule has 1 rings (SSSR count). The summed E-state index contributed by atoms with van der Waals surface area (Å²) < 4.78 is 11.7. The Morgan fingerprint density at radius 3 is 2.46 bits per heavy atom. The van der Waals surface area contributed by atoms with Gasteiger partial charge in [0.15, 0.2) is 5.79 Å². The van der Waals surface area contributed by atoms with Gasteiger partial charge in [-0.15, -0.1) is 0 Å². The van der Waals surface area contributed by atoms with E-state index < -0.39 is 23.3 Å². The van der Waals surface area contributed by atoms with Gasteiger partial charge in [-0.1, -0.05) is 13.8 Å². The Morgan fingerprint density at radius 1 is 1.15 bits per heavy atom. The Labute approximate surface area is 159 Å². The molecule has 1 saturated heterocycles. The van der Waals surface area contributed by atoms with Crippen LogP contribution >= 0.6 is 12.6 Å². The molecule has 1 heterocycles. The molecule has 0 aliphatic carbocycles. The lowest BCUT2D eigenvalue weighted by molar-refractivity contribution is -0.315. The van der Waals surface area contributed by atoms with Crippen molar-refractivity contribution in [2.75, 3.05) is 25.4 Å². The second-order valence-electron chi connectivity index (χ2n) is 7.27. The largest absolute Gasteiger partial charge is 0.481 e. The number of hydrogen-bond donors (Lipinski definition) is 4. The molecule has 1 fully saturated rings. The first kappa shape index (κ1) is 22.7. The van der Waals surface area contributed by atoms with Crippen molar-refractivity contribution in [3.63, 3.8) is 0 Å². The van der Waals surface area contributed by atoms with E-state index in [1.807, 2.05) is 13.8 Å². The average Bonchev–Trinajstić information content (AvgIpc) is 2.55. The number of aliphatic carboxylic acids is 1. The van der Waals surface area contributed by atoms with Crippen LogP contribution in [-0.4, -0.2) is 60.2 Å². The van der Waals surface area contributed by atoms with Crippen LogP contribution in [0.15, 0.2) is 0 Å². The van der Waals surface area contributed by atoms with E-state index >= 15 is 0 Å². The molecule has 1 unspecified atom stereocenters. The molecule has 8 nitrogen and oxygen atoms in total. The second-order valence-corrected chi connectivity index (χ2v) is 7.72. The Hall–Kier alpha value is -1.32. The lowest BCUT2D eigenvalue weighted by Crippen LogP contribution is -2.57. The fraction of sp³-hybridized carbons (Fsp3) is 0.824. The minimum Gasteiger partial charge on any atom is -0.481 e. The number of ether oxygens (including phenoxy) is 2. The number of carboxylic acids is 1. The summed E-state index contributed by atoms with van der Waals surface area (Å²) in [5.74, 6) is -1.77. The van der Waals surface area contributed by atoms with Gasteiger partial charge in [0.2, 0.25) is 11.8 Å². The molecule has 0 aromatic heterocycles. The highest BCUT2D eigenvalue weighted by atomic mass is 32.1. The Kier molecular flexibility index (Phi) is 8.85. The molecule has 9 heteroatoms. The number of carbonyl (C=O) groups excluding carboxylic acids is 2. The summed E-state index contributed by atoms with van der Waals surface area (Å²) in [6.07, 6.45) is 0.229. The highest BCUT2D eigenvalue weighted by Gasteiger charge is 2.47. The van der Waals surface area contributed by atoms with E-state index in [1.165, 1.54) is 0 Å². The van der Waals surface area contributed by atoms with E-state index in [4.69, 9.17) is 14.6 Å². The second kappa shape index (κ2) is 10.1. The molecular formula is C17H30N2O6S. The summed E-state index contributed by atoms with van der Waals surface area (Å²) in [7, 11) is 0. The van der Waals surface area contributed by atoms with Crippen LogP contribution in [0.25, 0.3) is 0 Å². The summed E-state index contributed by atoms with van der Waals surface area (Å²) in [6.45, 7) is 6.47. The van der Waals surface area contributed by atoms with Crippen molar-refractivity contribution in [3.05, 3.63) is 0 Å². The van der Waals surface area contributed by atoms with Crippen molar-refractivity contribution < 1.29 is 29.0 Å². The topological polar surface area (TPSA) is 114 Å². The first-order valence-electron chi connectivity index (χ1n) is 8.78. The molecule has 150 valence electrons. The Bertz CT molecular complexity index is 513. The lowest BCUT2D eigenvalue weighted by Gasteiger charge is -2.46. The molecule has 0 aromatic carbocycles. The van der Waals surface area contributed by atoms with Crippen LogP contribution in [0.1, 0.15) is 46.5 Å². The van der Waals surface area contributed by atoms with Crippen LogP contribution in [-0.2, 0) is 23.9 Å². The maximum absolute atomic E-state index is 12.5. The van der Waals surface area contributed by atoms with Crippen LogP contribution in [0.3, 0.4) is 0 Å². The zero-order valence-electron chi connectivity index (χ0n) is 15.7. The van der Waals surface area contributed by atoms with Crippen LogP contribution in [0.2, 0.25) is 0 Å². The Morgan fingerprint density at radius 2 is 1.85 bits per heavy atom. The van der Waals surface area contributed by atoms with E-state index in [9.17, 15) is 14.4 Å². The molecule has 1 aliphatic heterocycles. The highest BCUT2D eigenvalue weighted by molar-refractivity contribution is 7.80. The van der Waals surface area contributed by atoms with Crippen LogP contribution in [0.5, 0.6) is 0 Å². The van der Waals surface area contributed by atoms with Gasteiger partial charge in [-0.2, -0.15) is 12.6 Å². The molecular weight excluding hydrogens is 360 g/mol. The first-order chi connectivity index (χ1) is 12.1. The smallest absolute Gasteiger partial charge is 0.303 e. The predicted octanol–water partition coefficient (Wildman–Crippen LogP) is 0.951. The maximum atomic E-state index is 12.5. The average molecular weight is 391 g/mol. The van der Waals surface area contributed by atoms with Gasteiger partial charge in [0.05, 0.1) is 6.61 Å². The molecule has 3 N–H and O–H groups in total. The van der Waals surface area contributed by atoms with E-state index in [0.717, 1.165) is 0 Å². The standard InChI is InChI=1S/C17H30N2O6S/c1-16(2)11-24-17(3,7-4-5-13(21)22)25-14(16)15(23)19-8-6-12(20)18-9-10-26/h14,26H,4-11H2,1-3H3,(H,18,20)(H,19,23)(H,21,22)/t14-,17?/m0/s1. The number of nitrogens with one attached hydrogen (secondary N) is 2. The number of hydrogen-bond acceptors (Lipinski definition) is 6. The SMILES string of the molecule is CC1(CCCC(=O)O)OCC(C)(C)[C@H](C(=O)NCCC(=O)NCCS)O1. The molecule has 2 amide bonds. The minimum absolute atomic E-state index is 0.0178. The predicted molar refractivity (Wildman–Crippen MR) is 99.0 cm³/mol. The molecule has 0 saturated carbocycles. The molecule has 26 heavy (non-hydrogen) atoms. The fourth-order valence-corrected chi connectivity index (χ4v) is 2.74. The van der Waals surface area contributed by atoms with E-state index in [0.29, 0.717) is 31.7 Å². The number of carboxylic acid groups (broad SMARTS) is 1. The summed E-state index contributed by atoms with van der Waals surface area (Å²) in [4.78, 5) is 34.8. The molecule has 0 spiro atoms. The van der Waals surface area contributed by atoms with Crippen molar-refractivity contribution >= 4 is 30.4 Å². The summed E-state index contributed by atoms with van der Waals surface area (Å²) >= 11 is 4.01. The number of carbonyl (C=O) groups is 3. The van der Waals surface area contributed by atoms with Gasteiger partial charge < -0.3 is 25.2 Å². The molecule has 2 atom stereocenters. The van der Waals surface area contributed by atoms with Crippen molar-refractivity contribution in [2.45, 2.75) is 58.3 Å². The zero-order chi connectivity index (χ0) is 19.8. The zero-order valence-corrected chi connectivity index (χ0v) is 16.6. The summed E-state index contributed by atoms with van der Waals surface area (Å²) in [6, 6.07) is 0. The third-order valence-corrected chi connectivity index (χ3v) is 4.39. The lowest BCUT2D eigenvalue weighted by atomic mass is 9.85. The number of amides is 2. The monoisotopic (exact) mass is 390 g/mol. The quantitative estimate of drug-likeness (QED) is 0.413. The van der Waals surface area contributed by atoms with Gasteiger partial charge in [0, 0.05) is 43.5 Å². The van der Waals surface area contributed by atoms with E-state index in [2.05, 4.69) is 23.3 Å². The molecule has 0 bridgehead atoms. The van der Waals surface area contributed by atoms with E-state index in [-0.39, 0.29) is 31.2 Å². The highest BCUT2D eigenvalue weighted by Crippen LogP contribution is 2.37. The van der Waals surface area contributed by atoms with Crippen molar-refractivity contribution in [2.24, 2.45) is 5.41 Å². The first-order valence-corrected chi connectivity index (χ1v) is 9.42. The Balaban J connectivity index is 2.55. The van der Waals surface area contributed by atoms with E-state index in [1.54, 1.807) is 6.92 Å². The molecule has 1 aliphatic rings. The van der Waals surface area contributed by atoms with Crippen LogP contribution < -0.4 is 10.6 Å². The van der Waals surface area contributed by atoms with Gasteiger partial charge in [0.25, 0.3) is 0 Å². The fourth-order valence-electron chi connectivity index (χ4n) is 2.63. The minimum atomic E-state index is -1.00. The van der Waals surface area contributed by atoms with Gasteiger partial charge >= 0.3 is 5.97 Å². The molecule has 0 radical (unpaired) electrons. The van der Waals surface area contributed by atoms with Gasteiger partial charge in [-0.3, -0.25) is 14.4 Å². The van der Waals surface area contributed by atoms with Crippen molar-refractivity contribution in [1.29, 1.82) is 0 Å². The summed E-state index contributed by atoms with van der Waals surface area (Å²) in [5.41, 5.74) is -0.537. The summed E-state index contributed by atoms with van der Waals surface area (Å²) in [5, 5.41) is 14.2. The van der Waals surface area contributed by atoms with Crippen molar-refractivity contribution in [1.82, 2.24) is 10.6 Å². The normalized spacial score (nSPS) is 24.7. The van der Waals surface area contributed by atoms with Crippen LogP contribution in [0, 0.1) is 5.41 Å². The van der Waals surface area contributed by atoms with Gasteiger partial charge in [0.1, 0.15) is 6.10 Å². The maximum Gasteiger partial charge on any atom is 0.303 e. The van der Waals surface area contributed by atoms with Crippen LogP contribution in [0.4, 0.5) is 0 Å². The number of rotatable bonds is 10. The third-order valence-electron chi connectivity index (χ3n) is 4.17. The van der Waals surface area contributed by atoms with Gasteiger partial charge in [-0.05, 0) is 13.3 Å².